The molecule has 78 heavy (non-hydrogen) atoms. The van der Waals surface area contributed by atoms with Crippen LogP contribution in [0.3, 0.4) is 0 Å². The molecule has 0 radical (unpaired) electrons. The van der Waals surface area contributed by atoms with E-state index in [1.165, 1.54) is 5.57 Å². The second-order valence-corrected chi connectivity index (χ2v) is 24.4. The highest BCUT2D eigenvalue weighted by Crippen LogP contribution is 2.59. The summed E-state index contributed by atoms with van der Waals surface area (Å²) in [5.41, 5.74) is -0.773. The molecule has 1 aromatic rings. The molecule has 19 nitrogen and oxygen atoms in total. The molecule has 2 heterocycles. The summed E-state index contributed by atoms with van der Waals surface area (Å²) < 4.78 is 24.2. The van der Waals surface area contributed by atoms with Crippen LogP contribution in [0.1, 0.15) is 153 Å². The zero-order chi connectivity index (χ0) is 58.0. The number of methoxy groups -OCH3 is 1. The van der Waals surface area contributed by atoms with E-state index in [1.54, 1.807) is 21.0 Å². The number of allylic oxidation sites excluding steroid dienone is 1. The number of rotatable bonds is 33. The predicted octanol–water partition coefficient (Wildman–Crippen LogP) is 5.56. The van der Waals surface area contributed by atoms with E-state index >= 15 is 0 Å². The molecule has 2 aliphatic heterocycles. The highest BCUT2D eigenvalue weighted by Gasteiger charge is 2.72. The molecule has 2 saturated heterocycles. The minimum absolute atomic E-state index is 0.0228. The molecule has 1 saturated carbocycles. The van der Waals surface area contributed by atoms with Crippen molar-refractivity contribution in [3.8, 4) is 0 Å². The summed E-state index contributed by atoms with van der Waals surface area (Å²) in [5, 5.41) is 29.4. The monoisotopic (exact) mass is 1100 g/mol. The van der Waals surface area contributed by atoms with E-state index in [0.717, 1.165) is 37.7 Å². The van der Waals surface area contributed by atoms with E-state index in [4.69, 9.17) is 18.9 Å². The zero-order valence-electron chi connectivity index (χ0n) is 49.2. The molecule has 11 atom stereocenters. The second-order valence-electron chi connectivity index (χ2n) is 24.4. The topological polar surface area (TPSA) is 267 Å². The van der Waals surface area contributed by atoms with E-state index in [0.29, 0.717) is 39.0 Å². The van der Waals surface area contributed by atoms with Gasteiger partial charge in [-0.05, 0) is 102 Å². The molecule has 6 unspecified atom stereocenters. The zero-order valence-corrected chi connectivity index (χ0v) is 49.2. The summed E-state index contributed by atoms with van der Waals surface area (Å²) in [6.45, 7) is 23.8. The number of aliphatic hydroxyl groups excluding tert-OH is 1. The maximum Gasteiger partial charge on any atom is 0.407 e. The van der Waals surface area contributed by atoms with Gasteiger partial charge < -0.3 is 61.3 Å². The molecule has 8 N–H and O–H groups in total. The first kappa shape index (κ1) is 65.4. The number of carbonyl (C=O) groups is 7. The molecule has 3 fully saturated rings. The van der Waals surface area contributed by atoms with Crippen molar-refractivity contribution in [1.29, 1.82) is 0 Å². The van der Waals surface area contributed by atoms with Gasteiger partial charge >= 0.3 is 6.09 Å². The lowest BCUT2D eigenvalue weighted by atomic mass is 9.64. The van der Waals surface area contributed by atoms with Crippen molar-refractivity contribution in [2.45, 2.75) is 201 Å². The highest BCUT2D eigenvalue weighted by atomic mass is 16.6. The van der Waals surface area contributed by atoms with Crippen LogP contribution in [0.5, 0.6) is 0 Å². The maximum atomic E-state index is 14.1. The average molecular weight is 1100 g/mol. The van der Waals surface area contributed by atoms with E-state index in [9.17, 15) is 38.7 Å². The lowest BCUT2D eigenvalue weighted by Crippen LogP contribution is -2.56. The third-order valence-corrected chi connectivity index (χ3v) is 15.8. The van der Waals surface area contributed by atoms with Crippen LogP contribution in [0.4, 0.5) is 4.79 Å². The number of aliphatic hydroxyl groups is 1. The molecular formula is C59H97N7O12. The summed E-state index contributed by atoms with van der Waals surface area (Å²) in [6.07, 6.45) is 6.48. The van der Waals surface area contributed by atoms with Gasteiger partial charge in [-0.3, -0.25) is 28.8 Å². The van der Waals surface area contributed by atoms with E-state index < -0.39 is 77.0 Å². The molecule has 3 aliphatic rings. The standard InChI is InChI=1S/C59H97N7O12/c1-37(2)23-24-46-58(12,78-46)50-49(75-13)45(25-26-59(50)36-76-59)77-55(74)61-28-20-15-14-19-27-60-47(68)33-62-51(70)43(29-38(3)4)66-52(71)44(30-42-21-17-16-18-22-42)65-48(69)34-64-54(73)57(11,40(7)8)35-56(10,31-39(5)6)53(72)63-32-41(9)67/h16-18,21-23,38-41,43-46,49-50,67H,14-15,19-20,24-36H2,1-13H3,(H,60,68)(H,61,74)(H,62,70)(H,63,72)(H,64,73)(H,65,69)(H,66,71)/t41?,43-,44-,45?,46+,49?,50?,56?,57?,58+,59-/m0/s1. The van der Waals surface area contributed by atoms with Gasteiger partial charge in [-0.2, -0.15) is 0 Å². The first-order valence-corrected chi connectivity index (χ1v) is 28.5. The largest absolute Gasteiger partial charge is 0.443 e. The van der Waals surface area contributed by atoms with Gasteiger partial charge in [0.05, 0.1) is 37.8 Å². The van der Waals surface area contributed by atoms with E-state index in [-0.39, 0.29) is 85.6 Å². The Balaban J connectivity index is 1.22. The van der Waals surface area contributed by atoms with Crippen molar-refractivity contribution >= 4 is 41.5 Å². The summed E-state index contributed by atoms with van der Waals surface area (Å²) in [5.74, 6) is -3.05. The third-order valence-electron chi connectivity index (χ3n) is 15.8. The van der Waals surface area contributed by atoms with Crippen LogP contribution in [0.25, 0.3) is 0 Å². The minimum atomic E-state index is -1.13. The normalized spacial score (nSPS) is 24.1. The molecule has 19 heteroatoms. The Labute approximate surface area is 464 Å². The predicted molar refractivity (Wildman–Crippen MR) is 299 cm³/mol. The molecule has 1 aromatic carbocycles. The fourth-order valence-electron chi connectivity index (χ4n) is 11.2. The molecule has 4 rings (SSSR count). The Hall–Kier alpha value is -5.11. The summed E-state index contributed by atoms with van der Waals surface area (Å²) in [6, 6.07) is 6.94. The molecule has 1 spiro atoms. The molecular weight excluding hydrogens is 999 g/mol. The number of nitrogens with one attached hydrogen (secondary N) is 7. The Morgan fingerprint density at radius 3 is 2.01 bits per heavy atom. The Morgan fingerprint density at radius 2 is 1.44 bits per heavy atom. The van der Waals surface area contributed by atoms with Crippen molar-refractivity contribution in [2.24, 2.45) is 34.5 Å². The Bertz CT molecular complexity index is 2180. The summed E-state index contributed by atoms with van der Waals surface area (Å²) >= 11 is 0. The van der Waals surface area contributed by atoms with Gasteiger partial charge in [0, 0.05) is 44.0 Å². The van der Waals surface area contributed by atoms with Crippen molar-refractivity contribution in [2.75, 3.05) is 46.4 Å². The molecule has 440 valence electrons. The van der Waals surface area contributed by atoms with Crippen molar-refractivity contribution in [3.63, 3.8) is 0 Å². The first-order valence-electron chi connectivity index (χ1n) is 28.5. The molecule has 1 aliphatic carbocycles. The van der Waals surface area contributed by atoms with Crippen LogP contribution in [0.2, 0.25) is 0 Å². The number of unbranched alkanes of at least 4 members (excludes halogenated alkanes) is 3. The van der Waals surface area contributed by atoms with Gasteiger partial charge in [0.15, 0.2) is 0 Å². The van der Waals surface area contributed by atoms with Gasteiger partial charge in [-0.25, -0.2) is 4.79 Å². The van der Waals surface area contributed by atoms with Crippen LogP contribution in [0.15, 0.2) is 42.0 Å². The van der Waals surface area contributed by atoms with Gasteiger partial charge in [0.2, 0.25) is 35.4 Å². The number of carbonyl (C=O) groups excluding carboxylic acids is 7. The van der Waals surface area contributed by atoms with Crippen LogP contribution >= 0.6 is 0 Å². The number of benzene rings is 1. The lowest BCUT2D eigenvalue weighted by Gasteiger charge is -2.42. The fourth-order valence-corrected chi connectivity index (χ4v) is 11.2. The van der Waals surface area contributed by atoms with Gasteiger partial charge in [0.25, 0.3) is 0 Å². The Morgan fingerprint density at radius 1 is 0.795 bits per heavy atom. The number of hydrogen-bond acceptors (Lipinski definition) is 12. The van der Waals surface area contributed by atoms with Gasteiger partial charge in [0.1, 0.15) is 35.5 Å². The maximum absolute atomic E-state index is 14.1. The highest BCUT2D eigenvalue weighted by molar-refractivity contribution is 5.95. The third kappa shape index (κ3) is 19.6. The number of ether oxygens (including phenoxy) is 4. The summed E-state index contributed by atoms with van der Waals surface area (Å²) in [7, 11) is 1.65. The van der Waals surface area contributed by atoms with Gasteiger partial charge in [-0.15, -0.1) is 0 Å². The van der Waals surface area contributed by atoms with Crippen LogP contribution in [0, 0.1) is 34.5 Å². The van der Waals surface area contributed by atoms with Crippen molar-refractivity contribution in [1.82, 2.24) is 37.2 Å². The van der Waals surface area contributed by atoms with Crippen LogP contribution < -0.4 is 37.2 Å². The molecule has 0 aromatic heterocycles. The Kier molecular flexibility index (Phi) is 25.1. The average Bonchev–Trinajstić information content (AvgIpc) is 4.29. The van der Waals surface area contributed by atoms with Crippen molar-refractivity contribution in [3.05, 3.63) is 47.5 Å². The van der Waals surface area contributed by atoms with Crippen LogP contribution in [-0.2, 0) is 54.1 Å². The number of amides is 7. The smallest absolute Gasteiger partial charge is 0.407 e. The number of alkyl carbamates (subject to hydrolysis) is 1. The molecule has 7 amide bonds. The van der Waals surface area contributed by atoms with E-state index in [1.807, 2.05) is 78.8 Å². The van der Waals surface area contributed by atoms with Crippen molar-refractivity contribution < 1.29 is 57.6 Å². The fraction of sp³-hybridized carbons (Fsp3) is 0.746. The van der Waals surface area contributed by atoms with Gasteiger partial charge in [-0.1, -0.05) is 110 Å². The first-order chi connectivity index (χ1) is 36.7. The second kappa shape index (κ2) is 29.9. The quantitative estimate of drug-likeness (QED) is 0.0244. The van der Waals surface area contributed by atoms with E-state index in [2.05, 4.69) is 64.1 Å². The number of epoxide rings is 2. The SMILES string of the molecule is COC1C(OC(=O)NCCCCCCNC(=O)CNC(=O)[C@H](CC(C)C)NC(=O)[C@H](Cc2ccccc2)NC(=O)CNC(=O)C(C)(CC(C)(CC(C)C)C(=O)NCC(C)O)C(C)C)CC[C@]2(CO2)C1[C@]1(C)O[C@@H]1CC=C(C)C. The van der Waals surface area contributed by atoms with Crippen LogP contribution in [-0.4, -0.2) is 141 Å². The number of hydrogen-bond donors (Lipinski definition) is 8. The lowest BCUT2D eigenvalue weighted by molar-refractivity contribution is -0.142. The minimum Gasteiger partial charge on any atom is -0.443 e. The molecule has 0 bridgehead atoms. The summed E-state index contributed by atoms with van der Waals surface area (Å²) in [4.78, 5) is 94.6.